The number of aromatic nitrogens is 4. The van der Waals surface area contributed by atoms with Gasteiger partial charge in [-0.25, -0.2) is 15.0 Å². The average Bonchev–Trinajstić information content (AvgIpc) is 3.08. The Morgan fingerprint density at radius 2 is 2.10 bits per heavy atom. The highest BCUT2D eigenvalue weighted by atomic mass is 16.2. The summed E-state index contributed by atoms with van der Waals surface area (Å²) in [6.07, 6.45) is 8.56. The van der Waals surface area contributed by atoms with Gasteiger partial charge in [0, 0.05) is 43.7 Å². The van der Waals surface area contributed by atoms with Crippen LogP contribution in [0.25, 0.3) is 11.5 Å². The van der Waals surface area contributed by atoms with E-state index in [2.05, 4.69) is 34.1 Å². The van der Waals surface area contributed by atoms with Crippen molar-refractivity contribution in [2.24, 2.45) is 11.3 Å². The molecule has 152 valence electrons. The van der Waals surface area contributed by atoms with Crippen LogP contribution in [-0.4, -0.2) is 49.7 Å². The molecule has 2 amide bonds. The standard InChI is InChI=1S/C21H26N6O2/c1-4-27-12-13(7-18(27)28)20(29)26-16-9-21(2,3)8-15-14(16)10-24-19(25-15)17-11-22-5-6-23-17/h5-6,10-11,13,16H,4,7-9,12H2,1-3H3,(H,26,29). The maximum atomic E-state index is 12.9. The van der Waals surface area contributed by atoms with Crippen LogP contribution in [0.1, 0.15) is 50.9 Å². The van der Waals surface area contributed by atoms with Crippen molar-refractivity contribution in [1.29, 1.82) is 0 Å². The third kappa shape index (κ3) is 3.97. The first-order valence-corrected chi connectivity index (χ1v) is 10.1. The molecule has 0 bridgehead atoms. The van der Waals surface area contributed by atoms with E-state index in [0.29, 0.717) is 24.6 Å². The van der Waals surface area contributed by atoms with E-state index in [1.54, 1.807) is 29.7 Å². The Morgan fingerprint density at radius 1 is 1.28 bits per heavy atom. The number of nitrogens with one attached hydrogen (secondary N) is 1. The van der Waals surface area contributed by atoms with Crippen LogP contribution in [0.15, 0.2) is 24.8 Å². The van der Waals surface area contributed by atoms with Gasteiger partial charge in [0.25, 0.3) is 0 Å². The zero-order valence-corrected chi connectivity index (χ0v) is 17.1. The fourth-order valence-electron chi connectivity index (χ4n) is 4.26. The molecule has 1 aliphatic carbocycles. The van der Waals surface area contributed by atoms with Crippen LogP contribution in [0.3, 0.4) is 0 Å². The molecule has 8 heteroatoms. The van der Waals surface area contributed by atoms with Crippen LogP contribution in [0, 0.1) is 11.3 Å². The van der Waals surface area contributed by atoms with Gasteiger partial charge in [0.2, 0.25) is 11.8 Å². The Labute approximate surface area is 170 Å². The molecule has 2 unspecified atom stereocenters. The summed E-state index contributed by atoms with van der Waals surface area (Å²) >= 11 is 0. The van der Waals surface area contributed by atoms with Gasteiger partial charge in [-0.15, -0.1) is 0 Å². The number of carbonyl (C=O) groups excluding carboxylic acids is 2. The minimum Gasteiger partial charge on any atom is -0.349 e. The summed E-state index contributed by atoms with van der Waals surface area (Å²) in [5.74, 6) is 0.227. The second-order valence-corrected chi connectivity index (χ2v) is 8.63. The second kappa shape index (κ2) is 7.50. The van der Waals surface area contributed by atoms with Gasteiger partial charge in [0.15, 0.2) is 5.82 Å². The van der Waals surface area contributed by atoms with Crippen LogP contribution in [-0.2, 0) is 16.0 Å². The smallest absolute Gasteiger partial charge is 0.225 e. The molecule has 0 spiro atoms. The monoisotopic (exact) mass is 394 g/mol. The summed E-state index contributed by atoms with van der Waals surface area (Å²) in [7, 11) is 0. The first-order chi connectivity index (χ1) is 13.9. The number of nitrogens with zero attached hydrogens (tertiary/aromatic N) is 5. The van der Waals surface area contributed by atoms with E-state index in [9.17, 15) is 9.59 Å². The molecule has 1 N–H and O–H groups in total. The number of rotatable bonds is 4. The molecular weight excluding hydrogens is 368 g/mol. The van der Waals surface area contributed by atoms with Crippen molar-refractivity contribution >= 4 is 11.8 Å². The summed E-state index contributed by atoms with van der Waals surface area (Å²) in [5.41, 5.74) is 2.49. The van der Waals surface area contributed by atoms with E-state index in [1.807, 2.05) is 6.92 Å². The highest BCUT2D eigenvalue weighted by Crippen LogP contribution is 2.40. The first-order valence-electron chi connectivity index (χ1n) is 10.1. The minimum atomic E-state index is -0.296. The van der Waals surface area contributed by atoms with E-state index >= 15 is 0 Å². The Bertz CT molecular complexity index is 930. The molecule has 2 aromatic rings. The molecule has 4 rings (SSSR count). The van der Waals surface area contributed by atoms with E-state index in [1.165, 1.54) is 0 Å². The summed E-state index contributed by atoms with van der Waals surface area (Å²) < 4.78 is 0. The Balaban J connectivity index is 1.58. The van der Waals surface area contributed by atoms with Crippen LogP contribution >= 0.6 is 0 Å². The lowest BCUT2D eigenvalue weighted by atomic mass is 9.74. The number of hydrogen-bond acceptors (Lipinski definition) is 6. The third-order valence-electron chi connectivity index (χ3n) is 5.75. The molecule has 29 heavy (non-hydrogen) atoms. The maximum Gasteiger partial charge on any atom is 0.225 e. The zero-order valence-electron chi connectivity index (χ0n) is 17.1. The zero-order chi connectivity index (χ0) is 20.6. The SMILES string of the molecule is CCN1CC(C(=O)NC2CC(C)(C)Cc3nc(-c4cnccn4)ncc32)CC1=O. The average molecular weight is 394 g/mol. The first kappa shape index (κ1) is 19.4. The molecule has 0 saturated carbocycles. The van der Waals surface area contributed by atoms with Gasteiger partial charge < -0.3 is 10.2 Å². The summed E-state index contributed by atoms with van der Waals surface area (Å²) in [5, 5.41) is 3.17. The third-order valence-corrected chi connectivity index (χ3v) is 5.75. The fourth-order valence-corrected chi connectivity index (χ4v) is 4.26. The molecule has 0 radical (unpaired) electrons. The molecule has 2 aliphatic rings. The van der Waals surface area contributed by atoms with E-state index < -0.39 is 0 Å². The number of carbonyl (C=O) groups is 2. The van der Waals surface area contributed by atoms with Gasteiger partial charge >= 0.3 is 0 Å². The Hall–Kier alpha value is -2.90. The van der Waals surface area contributed by atoms with Crippen LogP contribution in [0.2, 0.25) is 0 Å². The second-order valence-electron chi connectivity index (χ2n) is 8.63. The maximum absolute atomic E-state index is 12.9. The summed E-state index contributed by atoms with van der Waals surface area (Å²) in [4.78, 5) is 44.2. The molecule has 8 nitrogen and oxygen atoms in total. The largest absolute Gasteiger partial charge is 0.349 e. The lowest BCUT2D eigenvalue weighted by molar-refractivity contribution is -0.129. The van der Waals surface area contributed by atoms with Crippen molar-refractivity contribution in [1.82, 2.24) is 30.2 Å². The quantitative estimate of drug-likeness (QED) is 0.850. The molecule has 2 aromatic heterocycles. The van der Waals surface area contributed by atoms with E-state index in [0.717, 1.165) is 24.1 Å². The lowest BCUT2D eigenvalue weighted by Gasteiger charge is -2.36. The fraction of sp³-hybridized carbons (Fsp3) is 0.524. The number of hydrogen-bond donors (Lipinski definition) is 1. The topological polar surface area (TPSA) is 101 Å². The highest BCUT2D eigenvalue weighted by Gasteiger charge is 2.38. The van der Waals surface area contributed by atoms with Crippen molar-refractivity contribution in [2.45, 2.75) is 46.1 Å². The van der Waals surface area contributed by atoms with Crippen molar-refractivity contribution < 1.29 is 9.59 Å². The summed E-state index contributed by atoms with van der Waals surface area (Å²) in [6.45, 7) is 7.42. The van der Waals surface area contributed by atoms with E-state index in [-0.39, 0.29) is 35.6 Å². The lowest BCUT2D eigenvalue weighted by Crippen LogP contribution is -2.40. The summed E-state index contributed by atoms with van der Waals surface area (Å²) in [6, 6.07) is -0.164. The van der Waals surface area contributed by atoms with Gasteiger partial charge in [0.1, 0.15) is 5.69 Å². The molecule has 0 aromatic carbocycles. The van der Waals surface area contributed by atoms with Crippen LogP contribution < -0.4 is 5.32 Å². The minimum absolute atomic E-state index is 0.0140. The Morgan fingerprint density at radius 3 is 2.79 bits per heavy atom. The normalized spacial score (nSPS) is 23.0. The Kier molecular flexibility index (Phi) is 5.02. The molecule has 2 atom stereocenters. The molecular formula is C21H26N6O2. The number of fused-ring (bicyclic) bond motifs is 1. The number of amides is 2. The molecule has 1 aliphatic heterocycles. The molecule has 1 saturated heterocycles. The van der Waals surface area contributed by atoms with Gasteiger partial charge in [-0.1, -0.05) is 13.8 Å². The van der Waals surface area contributed by atoms with Crippen molar-refractivity contribution in [2.75, 3.05) is 13.1 Å². The highest BCUT2D eigenvalue weighted by molar-refractivity contribution is 5.89. The van der Waals surface area contributed by atoms with Crippen molar-refractivity contribution in [3.05, 3.63) is 36.0 Å². The number of likely N-dealkylation sites (tertiary alicyclic amines) is 1. The predicted octanol–water partition coefficient (Wildman–Crippen LogP) is 1.93. The van der Waals surface area contributed by atoms with Gasteiger partial charge in [0.05, 0.1) is 23.9 Å². The van der Waals surface area contributed by atoms with Gasteiger partial charge in [-0.3, -0.25) is 14.6 Å². The van der Waals surface area contributed by atoms with Crippen molar-refractivity contribution in [3.63, 3.8) is 0 Å². The molecule has 1 fully saturated rings. The van der Waals surface area contributed by atoms with Crippen LogP contribution in [0.4, 0.5) is 0 Å². The van der Waals surface area contributed by atoms with E-state index in [4.69, 9.17) is 4.98 Å². The van der Waals surface area contributed by atoms with Crippen LogP contribution in [0.5, 0.6) is 0 Å². The predicted molar refractivity (Wildman–Crippen MR) is 106 cm³/mol. The molecule has 3 heterocycles. The van der Waals surface area contributed by atoms with Gasteiger partial charge in [-0.2, -0.15) is 0 Å². The van der Waals surface area contributed by atoms with Crippen molar-refractivity contribution in [3.8, 4) is 11.5 Å². The van der Waals surface area contributed by atoms with Gasteiger partial charge in [-0.05, 0) is 25.2 Å².